The Morgan fingerprint density at radius 1 is 1.20 bits per heavy atom. The second-order valence-electron chi connectivity index (χ2n) is 6.86. The molecule has 2 aliphatic rings. The lowest BCUT2D eigenvalue weighted by atomic mass is 9.69. The summed E-state index contributed by atoms with van der Waals surface area (Å²) in [5, 5.41) is 23.4. The number of fused-ring (bicyclic) bond motifs is 2. The Balaban J connectivity index is 1.89. The number of nitrogens with zero attached hydrogens (tertiary/aromatic N) is 2. The molecule has 0 aromatic heterocycles. The van der Waals surface area contributed by atoms with Gasteiger partial charge in [-0.1, -0.05) is 54.6 Å². The highest BCUT2D eigenvalue weighted by molar-refractivity contribution is 5.50. The number of rotatable bonds is 6. The van der Waals surface area contributed by atoms with E-state index in [2.05, 4.69) is 30.1 Å². The second kappa shape index (κ2) is 7.51. The lowest BCUT2D eigenvalue weighted by Crippen LogP contribution is -2.43. The zero-order valence-electron chi connectivity index (χ0n) is 14.4. The number of nitriles is 2. The van der Waals surface area contributed by atoms with Crippen molar-refractivity contribution in [3.8, 4) is 12.1 Å². The van der Waals surface area contributed by atoms with Gasteiger partial charge in [-0.05, 0) is 30.4 Å². The molecule has 0 saturated carbocycles. The largest absolute Gasteiger partial charge is 0.307 e. The molecule has 1 N–H and O–H groups in total. The number of nitrogens with one attached hydrogen (secondary N) is 1. The SMILES string of the molecule is C=CC[C@@H]1C(C(C#N)(C#N)C/C=C/c2ccccc2)=C[C@H]2CC[C@@H]1N2. The van der Waals surface area contributed by atoms with Gasteiger partial charge in [0, 0.05) is 24.4 Å². The zero-order valence-corrected chi connectivity index (χ0v) is 14.4. The fraction of sp³-hybridized carbons (Fsp3) is 0.364. The fourth-order valence-electron chi connectivity index (χ4n) is 4.04. The maximum atomic E-state index is 9.91. The van der Waals surface area contributed by atoms with Crippen LogP contribution in [0.5, 0.6) is 0 Å². The highest BCUT2D eigenvalue weighted by Crippen LogP contribution is 2.44. The molecule has 0 aliphatic carbocycles. The van der Waals surface area contributed by atoms with Crippen LogP contribution in [-0.2, 0) is 0 Å². The van der Waals surface area contributed by atoms with E-state index < -0.39 is 5.41 Å². The van der Waals surface area contributed by atoms with Crippen LogP contribution in [0.2, 0.25) is 0 Å². The first-order chi connectivity index (χ1) is 12.2. The van der Waals surface area contributed by atoms with Crippen LogP contribution in [0, 0.1) is 34.0 Å². The topological polar surface area (TPSA) is 59.6 Å². The molecule has 3 rings (SSSR count). The zero-order chi connectivity index (χ0) is 17.7. The van der Waals surface area contributed by atoms with Crippen molar-refractivity contribution in [3.63, 3.8) is 0 Å². The van der Waals surface area contributed by atoms with Gasteiger partial charge in [0.05, 0.1) is 12.1 Å². The van der Waals surface area contributed by atoms with Gasteiger partial charge in [-0.3, -0.25) is 0 Å². The maximum absolute atomic E-state index is 9.91. The fourth-order valence-corrected chi connectivity index (χ4v) is 4.04. The molecule has 3 nitrogen and oxygen atoms in total. The maximum Gasteiger partial charge on any atom is 0.168 e. The number of hydrogen-bond donors (Lipinski definition) is 1. The van der Waals surface area contributed by atoms with Crippen molar-refractivity contribution in [2.75, 3.05) is 0 Å². The molecule has 0 radical (unpaired) electrons. The summed E-state index contributed by atoms with van der Waals surface area (Å²) in [6.07, 6.45) is 11.4. The van der Waals surface area contributed by atoms with Gasteiger partial charge in [-0.2, -0.15) is 10.5 Å². The Morgan fingerprint density at radius 2 is 1.96 bits per heavy atom. The van der Waals surface area contributed by atoms with Crippen molar-refractivity contribution < 1.29 is 0 Å². The smallest absolute Gasteiger partial charge is 0.168 e. The van der Waals surface area contributed by atoms with E-state index in [1.165, 1.54) is 0 Å². The average molecular weight is 329 g/mol. The Morgan fingerprint density at radius 3 is 2.64 bits per heavy atom. The first kappa shape index (κ1) is 17.2. The molecule has 1 saturated heterocycles. The number of hydrogen-bond acceptors (Lipinski definition) is 3. The van der Waals surface area contributed by atoms with Gasteiger partial charge < -0.3 is 5.32 Å². The Kier molecular flexibility index (Phi) is 5.17. The second-order valence-corrected chi connectivity index (χ2v) is 6.86. The summed E-state index contributed by atoms with van der Waals surface area (Å²) in [4.78, 5) is 0. The van der Waals surface area contributed by atoms with Crippen molar-refractivity contribution >= 4 is 6.08 Å². The molecular formula is C22H23N3. The molecular weight excluding hydrogens is 306 g/mol. The minimum Gasteiger partial charge on any atom is -0.307 e. The van der Waals surface area contributed by atoms with Crippen LogP contribution in [0.25, 0.3) is 6.08 Å². The van der Waals surface area contributed by atoms with Crippen molar-refractivity contribution in [1.29, 1.82) is 10.5 Å². The Labute approximate surface area is 150 Å². The third kappa shape index (κ3) is 3.43. The van der Waals surface area contributed by atoms with E-state index in [-0.39, 0.29) is 5.92 Å². The van der Waals surface area contributed by atoms with Gasteiger partial charge in [0.25, 0.3) is 0 Å². The van der Waals surface area contributed by atoms with Crippen LogP contribution in [0.1, 0.15) is 31.2 Å². The molecule has 1 aromatic rings. The first-order valence-electron chi connectivity index (χ1n) is 8.85. The molecule has 1 fully saturated rings. The predicted molar refractivity (Wildman–Crippen MR) is 100 cm³/mol. The van der Waals surface area contributed by atoms with E-state index in [0.717, 1.165) is 30.4 Å². The molecule has 3 heteroatoms. The van der Waals surface area contributed by atoms with Crippen molar-refractivity contribution in [1.82, 2.24) is 5.32 Å². The Hall–Kier alpha value is -2.62. The normalized spacial score (nSPS) is 25.2. The van der Waals surface area contributed by atoms with Gasteiger partial charge in [0.15, 0.2) is 5.41 Å². The van der Waals surface area contributed by atoms with Gasteiger partial charge in [0.1, 0.15) is 0 Å². The summed E-state index contributed by atoms with van der Waals surface area (Å²) in [6.45, 7) is 3.87. The van der Waals surface area contributed by atoms with Crippen LogP contribution in [0.4, 0.5) is 0 Å². The number of benzene rings is 1. The van der Waals surface area contributed by atoms with Crippen LogP contribution in [0.15, 0.2) is 60.7 Å². The highest BCUT2D eigenvalue weighted by Gasteiger charge is 2.45. The standard InChI is InChI=1S/C22H23N3/c1-2-7-19-20(14-18-11-12-21(19)25-18)22(15-23,16-24)13-6-10-17-8-4-3-5-9-17/h2-6,8-10,14,18-19,21,25H,1,7,11-13H2/b10-6+/t18-,19-,21+/m1/s1. The van der Waals surface area contributed by atoms with E-state index in [9.17, 15) is 10.5 Å². The average Bonchev–Trinajstić information content (AvgIpc) is 3.05. The van der Waals surface area contributed by atoms with Gasteiger partial charge >= 0.3 is 0 Å². The summed E-state index contributed by atoms with van der Waals surface area (Å²) in [5.74, 6) is 0.181. The van der Waals surface area contributed by atoms with E-state index in [4.69, 9.17) is 0 Å². The molecule has 0 spiro atoms. The predicted octanol–water partition coefficient (Wildman–Crippen LogP) is 4.38. The molecule has 2 aliphatic heterocycles. The molecule has 2 heterocycles. The summed E-state index contributed by atoms with van der Waals surface area (Å²) in [5.41, 5.74) is 0.970. The third-order valence-electron chi connectivity index (χ3n) is 5.31. The van der Waals surface area contributed by atoms with Crippen molar-refractivity contribution in [2.45, 2.75) is 37.8 Å². The van der Waals surface area contributed by atoms with E-state index in [1.807, 2.05) is 48.6 Å². The summed E-state index contributed by atoms with van der Waals surface area (Å²) in [7, 11) is 0. The molecule has 126 valence electrons. The van der Waals surface area contributed by atoms with E-state index >= 15 is 0 Å². The third-order valence-corrected chi connectivity index (χ3v) is 5.31. The highest BCUT2D eigenvalue weighted by atomic mass is 15.0. The van der Waals surface area contributed by atoms with Gasteiger partial charge in [0.2, 0.25) is 0 Å². The molecule has 0 amide bonds. The van der Waals surface area contributed by atoms with Crippen LogP contribution < -0.4 is 5.32 Å². The summed E-state index contributed by atoms with van der Waals surface area (Å²) in [6, 6.07) is 15.3. The molecule has 0 unspecified atom stereocenters. The summed E-state index contributed by atoms with van der Waals surface area (Å²) >= 11 is 0. The van der Waals surface area contributed by atoms with Crippen molar-refractivity contribution in [2.24, 2.45) is 11.3 Å². The lowest BCUT2D eigenvalue weighted by Gasteiger charge is -2.36. The monoisotopic (exact) mass is 329 g/mol. The molecule has 1 aromatic carbocycles. The van der Waals surface area contributed by atoms with Crippen LogP contribution in [-0.4, -0.2) is 12.1 Å². The number of allylic oxidation sites excluding steroid dienone is 2. The minimum atomic E-state index is -1.10. The Bertz CT molecular complexity index is 747. The van der Waals surface area contributed by atoms with Gasteiger partial charge in [-0.15, -0.1) is 6.58 Å². The van der Waals surface area contributed by atoms with E-state index in [0.29, 0.717) is 18.5 Å². The van der Waals surface area contributed by atoms with Gasteiger partial charge in [-0.25, -0.2) is 0 Å². The van der Waals surface area contributed by atoms with Crippen LogP contribution >= 0.6 is 0 Å². The lowest BCUT2D eigenvalue weighted by molar-refractivity contribution is 0.369. The first-order valence-corrected chi connectivity index (χ1v) is 8.85. The minimum absolute atomic E-state index is 0.181. The van der Waals surface area contributed by atoms with Crippen LogP contribution in [0.3, 0.4) is 0 Å². The molecule has 25 heavy (non-hydrogen) atoms. The molecule has 3 atom stereocenters. The molecule has 2 bridgehead atoms. The van der Waals surface area contributed by atoms with E-state index in [1.54, 1.807) is 0 Å². The quantitative estimate of drug-likeness (QED) is 0.788. The summed E-state index contributed by atoms with van der Waals surface area (Å²) < 4.78 is 0. The van der Waals surface area contributed by atoms with Crippen molar-refractivity contribution in [3.05, 3.63) is 66.3 Å².